The lowest BCUT2D eigenvalue weighted by Crippen LogP contribution is -2.29. The molecule has 1 aromatic rings. The van der Waals surface area contributed by atoms with Crippen LogP contribution in [-0.4, -0.2) is 47.3 Å². The Bertz CT molecular complexity index is 416. The lowest BCUT2D eigenvalue weighted by atomic mass is 10.1. The molecule has 1 fully saturated rings. The third-order valence-electron chi connectivity index (χ3n) is 3.07. The van der Waals surface area contributed by atoms with E-state index in [-0.39, 0.29) is 11.8 Å². The summed E-state index contributed by atoms with van der Waals surface area (Å²) in [5, 5.41) is 9.06. The summed E-state index contributed by atoms with van der Waals surface area (Å²) in [4.78, 5) is 17.0. The normalized spacial score (nSPS) is 19.3. The van der Waals surface area contributed by atoms with Crippen molar-refractivity contribution < 1.29 is 14.6 Å². The summed E-state index contributed by atoms with van der Waals surface area (Å²) < 4.78 is 5.57. The van der Waals surface area contributed by atoms with Crippen LogP contribution in [0.4, 0.5) is 0 Å². The molecular formula is C13H18N2O3. The molecule has 1 N–H and O–H groups in total. The van der Waals surface area contributed by atoms with Gasteiger partial charge in [0.2, 0.25) is 0 Å². The second-order valence-electron chi connectivity index (χ2n) is 4.65. The summed E-state index contributed by atoms with van der Waals surface area (Å²) in [6, 6.07) is 3.57. The number of carbonyl (C=O) groups is 1. The van der Waals surface area contributed by atoms with Crippen molar-refractivity contribution in [2.24, 2.45) is 0 Å². The van der Waals surface area contributed by atoms with Gasteiger partial charge in [-0.3, -0.25) is 4.90 Å². The number of pyridine rings is 1. The number of carboxylic acids is 1. The van der Waals surface area contributed by atoms with E-state index in [9.17, 15) is 4.79 Å². The number of rotatable bonds is 5. The van der Waals surface area contributed by atoms with Crippen LogP contribution >= 0.6 is 0 Å². The molecule has 5 heteroatoms. The quantitative estimate of drug-likeness (QED) is 0.855. The Morgan fingerprint density at radius 1 is 1.67 bits per heavy atom. The van der Waals surface area contributed by atoms with E-state index in [2.05, 4.69) is 9.88 Å². The Morgan fingerprint density at radius 2 is 2.50 bits per heavy atom. The van der Waals surface area contributed by atoms with Crippen molar-refractivity contribution in [2.75, 3.05) is 20.2 Å². The summed E-state index contributed by atoms with van der Waals surface area (Å²) in [6.45, 7) is 2.25. The second kappa shape index (κ2) is 5.93. The zero-order chi connectivity index (χ0) is 13.0. The third kappa shape index (κ3) is 3.27. The highest BCUT2D eigenvalue weighted by molar-refractivity contribution is 5.86. The van der Waals surface area contributed by atoms with Crippen molar-refractivity contribution in [3.8, 4) is 0 Å². The number of hydrogen-bond donors (Lipinski definition) is 1. The number of ether oxygens (including phenoxy) is 1. The third-order valence-corrected chi connectivity index (χ3v) is 3.07. The molecule has 0 radical (unpaired) electrons. The predicted molar refractivity (Wildman–Crippen MR) is 66.5 cm³/mol. The van der Waals surface area contributed by atoms with Crippen LogP contribution in [0.2, 0.25) is 0 Å². The molecule has 0 aliphatic carbocycles. The lowest BCUT2D eigenvalue weighted by Gasteiger charge is -2.20. The van der Waals surface area contributed by atoms with E-state index in [1.54, 1.807) is 6.07 Å². The molecule has 1 aromatic heterocycles. The standard InChI is InChI=1S/C13H18N2O3/c1-15(9-11-5-3-7-18-11)8-10-4-2-6-14-12(10)13(16)17/h2,4,6,11H,3,5,7-9H2,1H3,(H,16,17). The van der Waals surface area contributed by atoms with Gasteiger partial charge in [-0.1, -0.05) is 6.07 Å². The van der Waals surface area contributed by atoms with Crippen LogP contribution < -0.4 is 0 Å². The number of carboxylic acid groups (broad SMARTS) is 1. The fourth-order valence-electron chi connectivity index (χ4n) is 2.25. The van der Waals surface area contributed by atoms with Crippen LogP contribution in [-0.2, 0) is 11.3 Å². The van der Waals surface area contributed by atoms with Crippen LogP contribution in [0.15, 0.2) is 18.3 Å². The summed E-state index contributed by atoms with van der Waals surface area (Å²) in [7, 11) is 1.97. The maximum Gasteiger partial charge on any atom is 0.354 e. The highest BCUT2D eigenvalue weighted by Crippen LogP contribution is 2.15. The van der Waals surface area contributed by atoms with Gasteiger partial charge >= 0.3 is 5.97 Å². The van der Waals surface area contributed by atoms with Gasteiger partial charge in [-0.2, -0.15) is 0 Å². The van der Waals surface area contributed by atoms with Gasteiger partial charge in [-0.15, -0.1) is 0 Å². The fraction of sp³-hybridized carbons (Fsp3) is 0.538. The van der Waals surface area contributed by atoms with Crippen molar-refractivity contribution in [1.82, 2.24) is 9.88 Å². The van der Waals surface area contributed by atoms with Gasteiger partial charge < -0.3 is 9.84 Å². The predicted octanol–water partition coefficient (Wildman–Crippen LogP) is 1.39. The van der Waals surface area contributed by atoms with Crippen LogP contribution in [0.25, 0.3) is 0 Å². The van der Waals surface area contributed by atoms with E-state index in [0.29, 0.717) is 6.54 Å². The Balaban J connectivity index is 1.97. The zero-order valence-corrected chi connectivity index (χ0v) is 10.5. The van der Waals surface area contributed by atoms with Crippen LogP contribution in [0.1, 0.15) is 28.9 Å². The van der Waals surface area contributed by atoms with Crippen molar-refractivity contribution in [3.63, 3.8) is 0 Å². The number of likely N-dealkylation sites (N-methyl/N-ethyl adjacent to an activating group) is 1. The van der Waals surface area contributed by atoms with E-state index in [0.717, 1.165) is 31.6 Å². The van der Waals surface area contributed by atoms with Crippen molar-refractivity contribution in [2.45, 2.75) is 25.5 Å². The molecule has 98 valence electrons. The van der Waals surface area contributed by atoms with Crippen LogP contribution in [0.5, 0.6) is 0 Å². The van der Waals surface area contributed by atoms with Gasteiger partial charge in [0.05, 0.1) is 6.10 Å². The Labute approximate surface area is 106 Å². The van der Waals surface area contributed by atoms with E-state index in [4.69, 9.17) is 9.84 Å². The molecule has 1 aliphatic rings. The first kappa shape index (κ1) is 13.0. The van der Waals surface area contributed by atoms with E-state index >= 15 is 0 Å². The molecular weight excluding hydrogens is 232 g/mol. The maximum absolute atomic E-state index is 11.0. The highest BCUT2D eigenvalue weighted by Gasteiger charge is 2.19. The SMILES string of the molecule is CN(Cc1cccnc1C(=O)O)CC1CCCO1. The number of aromatic carboxylic acids is 1. The van der Waals surface area contributed by atoms with Gasteiger partial charge in [0.1, 0.15) is 0 Å². The largest absolute Gasteiger partial charge is 0.477 e. The van der Waals surface area contributed by atoms with Crippen molar-refractivity contribution in [3.05, 3.63) is 29.6 Å². The van der Waals surface area contributed by atoms with E-state index < -0.39 is 5.97 Å². The molecule has 18 heavy (non-hydrogen) atoms. The first-order valence-corrected chi connectivity index (χ1v) is 6.14. The molecule has 1 unspecified atom stereocenters. The molecule has 0 saturated carbocycles. The molecule has 1 saturated heterocycles. The number of aromatic nitrogens is 1. The fourth-order valence-corrected chi connectivity index (χ4v) is 2.25. The van der Waals surface area contributed by atoms with E-state index in [1.165, 1.54) is 6.20 Å². The van der Waals surface area contributed by atoms with Gasteiger partial charge in [0, 0.05) is 25.9 Å². The molecule has 0 aromatic carbocycles. The van der Waals surface area contributed by atoms with Crippen LogP contribution in [0, 0.1) is 0 Å². The van der Waals surface area contributed by atoms with Crippen LogP contribution in [0.3, 0.4) is 0 Å². The number of hydrogen-bond acceptors (Lipinski definition) is 4. The molecule has 2 heterocycles. The molecule has 1 aliphatic heterocycles. The Hall–Kier alpha value is -1.46. The topological polar surface area (TPSA) is 62.7 Å². The average Bonchev–Trinajstić information content (AvgIpc) is 2.82. The first-order valence-electron chi connectivity index (χ1n) is 6.14. The monoisotopic (exact) mass is 250 g/mol. The molecule has 1 atom stereocenters. The zero-order valence-electron chi connectivity index (χ0n) is 10.5. The Kier molecular flexibility index (Phi) is 4.28. The van der Waals surface area contributed by atoms with Gasteiger partial charge in [0.15, 0.2) is 5.69 Å². The minimum atomic E-state index is -0.976. The summed E-state index contributed by atoms with van der Waals surface area (Å²) >= 11 is 0. The summed E-state index contributed by atoms with van der Waals surface area (Å²) in [5.41, 5.74) is 0.877. The first-order chi connectivity index (χ1) is 8.66. The van der Waals surface area contributed by atoms with Crippen molar-refractivity contribution >= 4 is 5.97 Å². The molecule has 0 bridgehead atoms. The molecule has 0 spiro atoms. The molecule has 5 nitrogen and oxygen atoms in total. The summed E-state index contributed by atoms with van der Waals surface area (Å²) in [6.07, 6.45) is 3.99. The number of nitrogens with zero attached hydrogens (tertiary/aromatic N) is 2. The lowest BCUT2D eigenvalue weighted by molar-refractivity contribution is 0.0684. The second-order valence-corrected chi connectivity index (χ2v) is 4.65. The van der Waals surface area contributed by atoms with Gasteiger partial charge in [-0.05, 0) is 31.5 Å². The highest BCUT2D eigenvalue weighted by atomic mass is 16.5. The smallest absolute Gasteiger partial charge is 0.354 e. The molecule has 2 rings (SSSR count). The van der Waals surface area contributed by atoms with E-state index in [1.807, 2.05) is 13.1 Å². The van der Waals surface area contributed by atoms with Gasteiger partial charge in [-0.25, -0.2) is 9.78 Å². The molecule has 0 amide bonds. The Morgan fingerprint density at radius 3 is 3.17 bits per heavy atom. The minimum Gasteiger partial charge on any atom is -0.477 e. The minimum absolute atomic E-state index is 0.136. The van der Waals surface area contributed by atoms with Gasteiger partial charge in [0.25, 0.3) is 0 Å². The maximum atomic E-state index is 11.0. The average molecular weight is 250 g/mol. The van der Waals surface area contributed by atoms with Crippen molar-refractivity contribution in [1.29, 1.82) is 0 Å². The summed E-state index contributed by atoms with van der Waals surface area (Å²) in [5.74, 6) is -0.976.